The molecule has 0 unspecified atom stereocenters. The van der Waals surface area contributed by atoms with E-state index in [9.17, 15) is 4.39 Å². The number of nitrogen functional groups attached to an aromatic ring is 1. The summed E-state index contributed by atoms with van der Waals surface area (Å²) in [6.07, 6.45) is 3.46. The minimum atomic E-state index is -0.321. The van der Waals surface area contributed by atoms with Crippen molar-refractivity contribution < 1.29 is 4.39 Å². The van der Waals surface area contributed by atoms with Crippen LogP contribution in [0, 0.1) is 12.7 Å². The lowest BCUT2D eigenvalue weighted by Crippen LogP contribution is -2.05. The minimum Gasteiger partial charge on any atom is -0.383 e. The summed E-state index contributed by atoms with van der Waals surface area (Å²) in [5.41, 5.74) is 11.2. The molecule has 0 saturated carbocycles. The van der Waals surface area contributed by atoms with E-state index in [2.05, 4.69) is 20.4 Å². The Kier molecular flexibility index (Phi) is 4.95. The predicted octanol–water partition coefficient (Wildman–Crippen LogP) is 4.52. The molecule has 32 heavy (non-hydrogen) atoms. The lowest BCUT2D eigenvalue weighted by molar-refractivity contribution is 0.628. The molecular formula is C24H20FN7. The Bertz CT molecular complexity index is 1400. The van der Waals surface area contributed by atoms with Crippen molar-refractivity contribution in [1.82, 2.24) is 24.7 Å². The first kappa shape index (κ1) is 19.6. The number of aromatic nitrogens is 5. The van der Waals surface area contributed by atoms with Gasteiger partial charge in [0, 0.05) is 24.5 Å². The van der Waals surface area contributed by atoms with Gasteiger partial charge in [-0.3, -0.25) is 4.98 Å². The van der Waals surface area contributed by atoms with Crippen molar-refractivity contribution in [3.63, 3.8) is 0 Å². The molecule has 5 aromatic rings. The van der Waals surface area contributed by atoms with E-state index in [4.69, 9.17) is 10.7 Å². The first-order valence-corrected chi connectivity index (χ1v) is 10.1. The molecule has 3 N–H and O–H groups in total. The normalized spacial score (nSPS) is 11.1. The van der Waals surface area contributed by atoms with E-state index in [1.54, 1.807) is 29.2 Å². The van der Waals surface area contributed by atoms with E-state index < -0.39 is 0 Å². The summed E-state index contributed by atoms with van der Waals surface area (Å²) in [6.45, 7) is 2.53. The van der Waals surface area contributed by atoms with Crippen LogP contribution in [0.3, 0.4) is 0 Å². The summed E-state index contributed by atoms with van der Waals surface area (Å²) in [5.74, 6) is 0.506. The zero-order valence-corrected chi connectivity index (χ0v) is 17.3. The molecular weight excluding hydrogens is 405 g/mol. The zero-order valence-electron chi connectivity index (χ0n) is 17.3. The van der Waals surface area contributed by atoms with Crippen molar-refractivity contribution in [3.05, 3.63) is 90.0 Å². The quantitative estimate of drug-likeness (QED) is 0.430. The first-order chi connectivity index (χ1) is 15.6. The lowest BCUT2D eigenvalue weighted by atomic mass is 10.1. The molecule has 0 fully saturated rings. The second kappa shape index (κ2) is 8.07. The maximum Gasteiger partial charge on any atom is 0.225 e. The molecule has 2 aromatic carbocycles. The third-order valence-corrected chi connectivity index (χ3v) is 5.13. The molecule has 0 aliphatic rings. The van der Waals surface area contributed by atoms with E-state index in [1.165, 1.54) is 12.1 Å². The zero-order chi connectivity index (χ0) is 22.1. The van der Waals surface area contributed by atoms with Gasteiger partial charge < -0.3 is 11.1 Å². The summed E-state index contributed by atoms with van der Waals surface area (Å²) < 4.78 is 15.2. The van der Waals surface area contributed by atoms with Crippen LogP contribution in [0.25, 0.3) is 28.0 Å². The molecule has 3 heterocycles. The largest absolute Gasteiger partial charge is 0.383 e. The summed E-state index contributed by atoms with van der Waals surface area (Å²) >= 11 is 0. The first-order valence-electron chi connectivity index (χ1n) is 10.1. The molecule has 5 rings (SSSR count). The van der Waals surface area contributed by atoms with Crippen molar-refractivity contribution in [2.24, 2.45) is 0 Å². The molecule has 0 bridgehead atoms. The molecule has 0 spiro atoms. The van der Waals surface area contributed by atoms with Crippen LogP contribution in [0.5, 0.6) is 0 Å². The van der Waals surface area contributed by atoms with Crippen LogP contribution >= 0.6 is 0 Å². The summed E-state index contributed by atoms with van der Waals surface area (Å²) in [5, 5.41) is 8.52. The Labute approximate surface area is 183 Å². The maximum absolute atomic E-state index is 13.6. The van der Waals surface area contributed by atoms with Gasteiger partial charge in [-0.25, -0.2) is 14.1 Å². The fraction of sp³-hybridized carbons (Fsp3) is 0.0833. The molecule has 0 aliphatic heterocycles. The lowest BCUT2D eigenvalue weighted by Gasteiger charge is -2.09. The Morgan fingerprint density at radius 1 is 1.00 bits per heavy atom. The van der Waals surface area contributed by atoms with Crippen molar-refractivity contribution >= 4 is 22.8 Å². The fourth-order valence-corrected chi connectivity index (χ4v) is 3.55. The van der Waals surface area contributed by atoms with Gasteiger partial charge in [-0.2, -0.15) is 4.98 Å². The number of halogens is 1. The molecule has 0 radical (unpaired) electrons. The highest BCUT2D eigenvalue weighted by Gasteiger charge is 2.19. The van der Waals surface area contributed by atoms with Crippen LogP contribution in [0.15, 0.2) is 73.1 Å². The molecule has 0 aliphatic carbocycles. The predicted molar refractivity (Wildman–Crippen MR) is 123 cm³/mol. The average molecular weight is 425 g/mol. The molecule has 0 atom stereocenters. The van der Waals surface area contributed by atoms with Gasteiger partial charge in [0.15, 0.2) is 5.65 Å². The molecule has 0 amide bonds. The number of hydrogen-bond donors (Lipinski definition) is 2. The van der Waals surface area contributed by atoms with Crippen LogP contribution in [0.1, 0.15) is 11.1 Å². The Hall–Kier alpha value is -4.33. The van der Waals surface area contributed by atoms with Gasteiger partial charge in [-0.15, -0.1) is 5.10 Å². The number of nitrogens with two attached hydrogens (primary N) is 1. The van der Waals surface area contributed by atoms with Crippen LogP contribution in [-0.4, -0.2) is 24.7 Å². The fourth-order valence-electron chi connectivity index (χ4n) is 3.55. The number of pyridine rings is 1. The summed E-state index contributed by atoms with van der Waals surface area (Å²) in [7, 11) is 0. The van der Waals surface area contributed by atoms with E-state index in [0.29, 0.717) is 35.0 Å². The van der Waals surface area contributed by atoms with Gasteiger partial charge >= 0.3 is 0 Å². The minimum absolute atomic E-state index is 0.321. The van der Waals surface area contributed by atoms with Crippen molar-refractivity contribution in [3.8, 4) is 16.9 Å². The van der Waals surface area contributed by atoms with Crippen molar-refractivity contribution in [2.45, 2.75) is 13.5 Å². The highest BCUT2D eigenvalue weighted by atomic mass is 19.1. The molecule has 7 nitrogen and oxygen atoms in total. The molecule has 158 valence electrons. The number of hydrogen-bond acceptors (Lipinski definition) is 6. The number of anilines is 2. The van der Waals surface area contributed by atoms with Crippen LogP contribution in [-0.2, 0) is 6.54 Å². The smallest absolute Gasteiger partial charge is 0.225 e. The number of nitrogens with one attached hydrogen (secondary N) is 1. The van der Waals surface area contributed by atoms with E-state index in [0.717, 1.165) is 22.4 Å². The van der Waals surface area contributed by atoms with Gasteiger partial charge in [0.25, 0.3) is 0 Å². The maximum atomic E-state index is 13.6. The second-order valence-corrected chi connectivity index (χ2v) is 7.45. The SMILES string of the molecule is Cc1cccc(-n2nc3nc(NCc4ccncc4)nc(-c4ccc(F)cc4)c3c2N)c1. The Morgan fingerprint density at radius 3 is 2.53 bits per heavy atom. The monoisotopic (exact) mass is 425 g/mol. The topological polar surface area (TPSA) is 94.5 Å². The standard InChI is InChI=1S/C24H20FN7/c1-15-3-2-4-19(13-15)32-22(26)20-21(17-5-7-18(25)8-6-17)29-24(30-23(20)31-32)28-14-16-9-11-27-12-10-16/h2-13H,14,26H2,1H3,(H,28,30,31). The average Bonchev–Trinajstić information content (AvgIpc) is 3.15. The molecule has 3 aromatic heterocycles. The van der Waals surface area contributed by atoms with Gasteiger partial charge in [-0.1, -0.05) is 12.1 Å². The van der Waals surface area contributed by atoms with Crippen LogP contribution in [0.2, 0.25) is 0 Å². The van der Waals surface area contributed by atoms with Crippen LogP contribution < -0.4 is 11.1 Å². The Balaban J connectivity index is 1.65. The number of rotatable bonds is 5. The van der Waals surface area contributed by atoms with E-state index in [-0.39, 0.29) is 5.82 Å². The number of fused-ring (bicyclic) bond motifs is 1. The van der Waals surface area contributed by atoms with Gasteiger partial charge in [-0.05, 0) is 66.6 Å². The van der Waals surface area contributed by atoms with Gasteiger partial charge in [0.2, 0.25) is 5.95 Å². The molecule has 0 saturated heterocycles. The van der Waals surface area contributed by atoms with E-state index >= 15 is 0 Å². The van der Waals surface area contributed by atoms with Gasteiger partial charge in [0.1, 0.15) is 11.6 Å². The summed E-state index contributed by atoms with van der Waals surface area (Å²) in [4.78, 5) is 13.3. The third-order valence-electron chi connectivity index (χ3n) is 5.13. The number of benzene rings is 2. The number of aryl methyl sites for hydroxylation is 1. The second-order valence-electron chi connectivity index (χ2n) is 7.45. The summed E-state index contributed by atoms with van der Waals surface area (Å²) in [6, 6.07) is 17.9. The van der Waals surface area contributed by atoms with Crippen molar-refractivity contribution in [1.29, 1.82) is 0 Å². The van der Waals surface area contributed by atoms with Gasteiger partial charge in [0.05, 0.1) is 16.8 Å². The highest BCUT2D eigenvalue weighted by molar-refractivity contribution is 5.99. The molecule has 8 heteroatoms. The van der Waals surface area contributed by atoms with Crippen molar-refractivity contribution in [2.75, 3.05) is 11.1 Å². The highest BCUT2D eigenvalue weighted by Crippen LogP contribution is 2.33. The van der Waals surface area contributed by atoms with Crippen LogP contribution in [0.4, 0.5) is 16.2 Å². The third kappa shape index (κ3) is 3.74. The Morgan fingerprint density at radius 2 is 1.78 bits per heavy atom. The van der Waals surface area contributed by atoms with E-state index in [1.807, 2.05) is 43.3 Å². The number of nitrogens with zero attached hydrogens (tertiary/aromatic N) is 5.